The van der Waals surface area contributed by atoms with Crippen molar-refractivity contribution in [3.63, 3.8) is 0 Å². The number of furan rings is 3. The maximum atomic E-state index is 12.8. The number of rotatable bonds is 9. The number of aliphatic hydroxyl groups excluding tert-OH is 3. The zero-order valence-electron chi connectivity index (χ0n) is 43.1. The van der Waals surface area contributed by atoms with Crippen LogP contribution in [0.2, 0.25) is 0 Å². The number of fused-ring (bicyclic) bond motifs is 6. The summed E-state index contributed by atoms with van der Waals surface area (Å²) in [4.78, 5) is 123. The minimum atomic E-state index is -1.30. The van der Waals surface area contributed by atoms with Gasteiger partial charge < -0.3 is 62.1 Å². The summed E-state index contributed by atoms with van der Waals surface area (Å²) < 4.78 is 47.5. The maximum Gasteiger partial charge on any atom is 0.342 e. The van der Waals surface area contributed by atoms with Gasteiger partial charge in [0, 0.05) is 18.6 Å². The van der Waals surface area contributed by atoms with Crippen molar-refractivity contribution in [1.29, 1.82) is 0 Å². The quantitative estimate of drug-likeness (QED) is 0.149. The molecule has 3 atom stereocenters. The van der Waals surface area contributed by atoms with Crippen LogP contribution in [0.4, 0.5) is 0 Å². The molecule has 25 nitrogen and oxygen atoms in total. The minimum absolute atomic E-state index is 0.000809. The minimum Gasteiger partial charge on any atom is -0.478 e. The highest BCUT2D eigenvalue weighted by molar-refractivity contribution is 6.31. The van der Waals surface area contributed by atoms with E-state index in [4.69, 9.17) is 57.0 Å². The first kappa shape index (κ1) is 56.6. The Hall–Kier alpha value is -8.56. The molecular formula is C54H49N3O22. The number of carbonyl (C=O) groups excluding carboxylic acids is 8. The highest BCUT2D eigenvalue weighted by atomic mass is 16.8. The van der Waals surface area contributed by atoms with E-state index in [1.807, 2.05) is 13.8 Å². The summed E-state index contributed by atoms with van der Waals surface area (Å²) in [5.74, 6) is -7.88. The van der Waals surface area contributed by atoms with Crippen molar-refractivity contribution >= 4 is 52.6 Å². The fourth-order valence-corrected chi connectivity index (χ4v) is 8.78. The van der Waals surface area contributed by atoms with Gasteiger partial charge in [-0.05, 0) is 84.9 Å². The Morgan fingerprint density at radius 3 is 1.29 bits per heavy atom. The monoisotopic (exact) mass is 1090 g/mol. The lowest BCUT2D eigenvalue weighted by molar-refractivity contribution is -0.143. The maximum absolute atomic E-state index is 12.8. The summed E-state index contributed by atoms with van der Waals surface area (Å²) in [5.41, 5.74) is -0.701. The van der Waals surface area contributed by atoms with E-state index < -0.39 is 89.6 Å². The SMILES string of the molecule is CC1(C)OC[C@H](CO)O1.Cc1oc2c(c1C(=O)O)C(=O)c1ncccc1C2=O.Cc1oc2c(c1C(=O)OC[C@H](O)CO)C(=O)c1ncccc1C2=O.Cc1oc2c(c1C(=O)OC[C@H]1COC(C)(C)O1)C(=O)c1ncccc1C2=O. The number of ketones is 6. The van der Waals surface area contributed by atoms with E-state index in [0.717, 1.165) is 0 Å². The third-order valence-corrected chi connectivity index (χ3v) is 12.3. The number of esters is 2. The Kier molecular flexibility index (Phi) is 16.1. The Bertz CT molecular complexity index is 3500. The molecule has 8 heterocycles. The van der Waals surface area contributed by atoms with Crippen molar-refractivity contribution in [3.8, 4) is 0 Å². The fraction of sp³-hybridized carbons (Fsp3) is 0.333. The van der Waals surface area contributed by atoms with Crippen LogP contribution in [0, 0.1) is 20.8 Å². The number of aryl methyl sites for hydroxylation is 3. The molecule has 2 aliphatic heterocycles. The zero-order valence-corrected chi connectivity index (χ0v) is 43.1. The predicted octanol–water partition coefficient (Wildman–Crippen LogP) is 3.92. The second-order valence-electron chi connectivity index (χ2n) is 18.8. The van der Waals surface area contributed by atoms with Gasteiger partial charge in [-0.2, -0.15) is 0 Å². The number of carboxylic acids is 1. The van der Waals surface area contributed by atoms with Crippen LogP contribution in [0.15, 0.2) is 68.2 Å². The standard InChI is InChI=1S/C19H17NO7.C16H13NO7.C13H7NO5.C6H12O3/c1-9-12(18(23)24-7-10-8-25-19(2,3)27-10)13-16(22)14-11(5-4-6-20-14)15(21)17(13)26-9;1-7-10(16(22)23-6-8(19)5-18)11-14(21)12-9(3-2-4-17-12)13(20)15(11)24-7;1-5-7(13(17)18)8-11(16)9-6(3-2-4-14-9)10(15)12(8)19-5;1-6(2)8-4-5(3-7)9-6/h4-6,10H,7-8H2,1-3H3;2-4,8,18-19H,5-6H2,1H3;2-4H,1H3,(H,17,18);5,7H,3-4H2,1-2H3/t10-;8-;;5-/m01.0/s1. The van der Waals surface area contributed by atoms with Gasteiger partial charge in [0.05, 0.1) is 59.8 Å². The number of aromatic nitrogens is 3. The number of hydrogen-bond acceptors (Lipinski definition) is 24. The van der Waals surface area contributed by atoms with E-state index >= 15 is 0 Å². The molecule has 0 amide bonds. The number of ether oxygens (including phenoxy) is 6. The first-order valence-electron chi connectivity index (χ1n) is 24.0. The van der Waals surface area contributed by atoms with E-state index in [1.165, 1.54) is 69.7 Å². The number of aromatic carboxylic acids is 1. The molecule has 4 N–H and O–H groups in total. The van der Waals surface area contributed by atoms with Crippen LogP contribution >= 0.6 is 0 Å². The fourth-order valence-electron chi connectivity index (χ4n) is 8.78. The summed E-state index contributed by atoms with van der Waals surface area (Å²) in [6, 6.07) is 9.04. The Balaban J connectivity index is 0.000000146. The second kappa shape index (κ2) is 22.4. The number of aliphatic hydroxyl groups is 3. The summed E-state index contributed by atoms with van der Waals surface area (Å²) in [7, 11) is 0. The lowest BCUT2D eigenvalue weighted by Gasteiger charge is -2.17. The molecule has 5 aliphatic rings. The lowest BCUT2D eigenvalue weighted by atomic mass is 9.90. The molecule has 0 aromatic carbocycles. The lowest BCUT2D eigenvalue weighted by Crippen LogP contribution is -2.26. The van der Waals surface area contributed by atoms with Crippen molar-refractivity contribution in [2.45, 2.75) is 78.4 Å². The van der Waals surface area contributed by atoms with E-state index in [0.29, 0.717) is 6.61 Å². The molecule has 11 rings (SSSR count). The average Bonchev–Trinajstić information content (AvgIpc) is 4.48. The smallest absolute Gasteiger partial charge is 0.342 e. The summed E-state index contributed by atoms with van der Waals surface area (Å²) in [6.07, 6.45) is 2.39. The van der Waals surface area contributed by atoms with Gasteiger partial charge in [-0.25, -0.2) is 14.4 Å². The van der Waals surface area contributed by atoms with Gasteiger partial charge in [0.1, 0.15) is 82.6 Å². The number of carbonyl (C=O) groups is 9. The van der Waals surface area contributed by atoms with Crippen LogP contribution in [0.25, 0.3) is 0 Å². The van der Waals surface area contributed by atoms with Crippen LogP contribution in [-0.2, 0) is 28.4 Å². The second-order valence-corrected chi connectivity index (χ2v) is 18.8. The largest absolute Gasteiger partial charge is 0.478 e. The van der Waals surface area contributed by atoms with Gasteiger partial charge in [0.2, 0.25) is 34.7 Å². The third-order valence-electron chi connectivity index (χ3n) is 12.3. The van der Waals surface area contributed by atoms with Gasteiger partial charge in [-0.15, -0.1) is 0 Å². The Morgan fingerprint density at radius 1 is 0.582 bits per heavy atom. The van der Waals surface area contributed by atoms with E-state index in [9.17, 15) is 48.3 Å². The summed E-state index contributed by atoms with van der Waals surface area (Å²) in [5, 5.41) is 35.7. The average molecular weight is 1090 g/mol. The third kappa shape index (κ3) is 11.1. The van der Waals surface area contributed by atoms with Crippen LogP contribution < -0.4 is 0 Å². The molecule has 3 aliphatic carbocycles. The molecule has 2 saturated heterocycles. The topological polar surface area (TPSA) is 368 Å². The molecule has 79 heavy (non-hydrogen) atoms. The van der Waals surface area contributed by atoms with Crippen LogP contribution in [0.5, 0.6) is 0 Å². The van der Waals surface area contributed by atoms with Crippen LogP contribution in [0.1, 0.15) is 173 Å². The molecule has 6 aromatic rings. The molecule has 0 spiro atoms. The van der Waals surface area contributed by atoms with Gasteiger partial charge in [0.15, 0.2) is 28.9 Å². The van der Waals surface area contributed by atoms with Crippen molar-refractivity contribution in [2.24, 2.45) is 0 Å². The summed E-state index contributed by atoms with van der Waals surface area (Å²) in [6.45, 7) is 11.3. The van der Waals surface area contributed by atoms with Crippen molar-refractivity contribution in [3.05, 3.63) is 157 Å². The molecule has 0 radical (unpaired) electrons. The van der Waals surface area contributed by atoms with Crippen LogP contribution in [-0.4, -0.2) is 158 Å². The van der Waals surface area contributed by atoms with E-state index in [-0.39, 0.29) is 128 Å². The molecule has 6 aromatic heterocycles. The van der Waals surface area contributed by atoms with Crippen molar-refractivity contribution in [2.75, 3.05) is 39.6 Å². The highest BCUT2D eigenvalue weighted by Gasteiger charge is 2.43. The van der Waals surface area contributed by atoms with Gasteiger partial charge in [0.25, 0.3) is 0 Å². The Labute approximate surface area is 446 Å². The van der Waals surface area contributed by atoms with E-state index in [2.05, 4.69) is 15.0 Å². The summed E-state index contributed by atoms with van der Waals surface area (Å²) >= 11 is 0. The van der Waals surface area contributed by atoms with E-state index in [1.54, 1.807) is 19.9 Å². The molecule has 0 bridgehead atoms. The molecule has 412 valence electrons. The molecule has 25 heteroatoms. The zero-order chi connectivity index (χ0) is 57.4. The van der Waals surface area contributed by atoms with Crippen molar-refractivity contribution < 1.29 is 105 Å². The highest BCUT2D eigenvalue weighted by Crippen LogP contribution is 2.36. The molecule has 2 fully saturated rings. The molecular weight excluding hydrogens is 1040 g/mol. The normalized spacial score (nSPS) is 18.2. The number of carboxylic acid groups (broad SMARTS) is 1. The number of nitrogens with zero attached hydrogens (tertiary/aromatic N) is 3. The predicted molar refractivity (Wildman–Crippen MR) is 261 cm³/mol. The number of hydrogen-bond donors (Lipinski definition) is 4. The first-order chi connectivity index (χ1) is 37.4. The van der Waals surface area contributed by atoms with Gasteiger partial charge in [-0.1, -0.05) is 0 Å². The van der Waals surface area contributed by atoms with Gasteiger partial charge in [-0.3, -0.25) is 43.7 Å². The first-order valence-corrected chi connectivity index (χ1v) is 24.0. The molecule has 0 saturated carbocycles. The van der Waals surface area contributed by atoms with Crippen molar-refractivity contribution in [1.82, 2.24) is 15.0 Å². The van der Waals surface area contributed by atoms with Gasteiger partial charge >= 0.3 is 17.9 Å². The van der Waals surface area contributed by atoms with Crippen LogP contribution in [0.3, 0.4) is 0 Å². The molecule has 0 unspecified atom stereocenters. The Morgan fingerprint density at radius 2 is 0.949 bits per heavy atom. The number of pyridine rings is 3.